The maximum Gasteiger partial charge on any atom is 0.340 e. The highest BCUT2D eigenvalue weighted by Gasteiger charge is 2.20. The molecule has 1 aromatic carbocycles. The predicted octanol–water partition coefficient (Wildman–Crippen LogP) is 3.13. The van der Waals surface area contributed by atoms with Crippen LogP contribution in [0.5, 0.6) is 0 Å². The van der Waals surface area contributed by atoms with Crippen molar-refractivity contribution in [3.8, 4) is 0 Å². The molecule has 4 nitrogen and oxygen atoms in total. The SMILES string of the molecule is CC(=O)Nc1ccccc1C(=O)OC1CCCCC1. The number of benzene rings is 1. The first kappa shape index (κ1) is 13.6. The summed E-state index contributed by atoms with van der Waals surface area (Å²) < 4.78 is 5.51. The maximum absolute atomic E-state index is 12.1. The second-order valence-electron chi connectivity index (χ2n) is 4.89. The van der Waals surface area contributed by atoms with Gasteiger partial charge in [0.2, 0.25) is 5.91 Å². The molecule has 0 radical (unpaired) electrons. The molecular formula is C15H19NO3. The van der Waals surface area contributed by atoms with Crippen molar-refractivity contribution in [1.82, 2.24) is 0 Å². The van der Waals surface area contributed by atoms with E-state index in [2.05, 4.69) is 5.32 Å². The van der Waals surface area contributed by atoms with Crippen molar-refractivity contribution in [2.45, 2.75) is 45.1 Å². The van der Waals surface area contributed by atoms with Gasteiger partial charge in [0.05, 0.1) is 11.3 Å². The van der Waals surface area contributed by atoms with Crippen LogP contribution in [0.4, 0.5) is 5.69 Å². The molecule has 0 bridgehead atoms. The van der Waals surface area contributed by atoms with Crippen LogP contribution >= 0.6 is 0 Å². The van der Waals surface area contributed by atoms with E-state index in [1.54, 1.807) is 24.3 Å². The Morgan fingerprint density at radius 3 is 2.53 bits per heavy atom. The molecular weight excluding hydrogens is 242 g/mol. The summed E-state index contributed by atoms with van der Waals surface area (Å²) in [5, 5.41) is 2.65. The summed E-state index contributed by atoms with van der Waals surface area (Å²) in [7, 11) is 0. The molecule has 0 unspecified atom stereocenters. The summed E-state index contributed by atoms with van der Waals surface area (Å²) >= 11 is 0. The normalized spacial score (nSPS) is 15.8. The highest BCUT2D eigenvalue weighted by molar-refractivity contribution is 6.00. The van der Waals surface area contributed by atoms with E-state index >= 15 is 0 Å². The zero-order valence-corrected chi connectivity index (χ0v) is 11.1. The van der Waals surface area contributed by atoms with Crippen LogP contribution < -0.4 is 5.32 Å². The first-order valence-electron chi connectivity index (χ1n) is 6.74. The lowest BCUT2D eigenvalue weighted by Gasteiger charge is -2.22. The highest BCUT2D eigenvalue weighted by atomic mass is 16.5. The molecule has 102 valence electrons. The van der Waals surface area contributed by atoms with Gasteiger partial charge < -0.3 is 10.1 Å². The van der Waals surface area contributed by atoms with Crippen molar-refractivity contribution in [3.63, 3.8) is 0 Å². The third kappa shape index (κ3) is 3.81. The summed E-state index contributed by atoms with van der Waals surface area (Å²) in [6.45, 7) is 1.42. The number of carbonyl (C=O) groups is 2. The number of carbonyl (C=O) groups excluding carboxylic acids is 2. The molecule has 1 N–H and O–H groups in total. The fourth-order valence-electron chi connectivity index (χ4n) is 2.36. The van der Waals surface area contributed by atoms with Gasteiger partial charge in [-0.25, -0.2) is 4.79 Å². The molecule has 0 atom stereocenters. The Morgan fingerprint density at radius 1 is 1.16 bits per heavy atom. The van der Waals surface area contributed by atoms with Crippen molar-refractivity contribution in [2.24, 2.45) is 0 Å². The molecule has 1 fully saturated rings. The predicted molar refractivity (Wildman–Crippen MR) is 73.0 cm³/mol. The van der Waals surface area contributed by atoms with Crippen molar-refractivity contribution < 1.29 is 14.3 Å². The summed E-state index contributed by atoms with van der Waals surface area (Å²) in [6, 6.07) is 6.93. The molecule has 2 rings (SSSR count). The van der Waals surface area contributed by atoms with Crippen molar-refractivity contribution in [1.29, 1.82) is 0 Å². The molecule has 0 saturated heterocycles. The Hall–Kier alpha value is -1.84. The number of esters is 1. The Morgan fingerprint density at radius 2 is 1.84 bits per heavy atom. The van der Waals surface area contributed by atoms with Gasteiger partial charge >= 0.3 is 5.97 Å². The number of nitrogens with one attached hydrogen (secondary N) is 1. The van der Waals surface area contributed by atoms with E-state index in [1.807, 2.05) is 0 Å². The molecule has 0 spiro atoms. The molecule has 0 heterocycles. The lowest BCUT2D eigenvalue weighted by molar-refractivity contribution is -0.114. The Labute approximate surface area is 113 Å². The largest absolute Gasteiger partial charge is 0.459 e. The molecule has 1 aliphatic carbocycles. The minimum Gasteiger partial charge on any atom is -0.459 e. The fourth-order valence-corrected chi connectivity index (χ4v) is 2.36. The number of hydrogen-bond acceptors (Lipinski definition) is 3. The standard InChI is InChI=1S/C15H19NO3/c1-11(17)16-14-10-6-5-9-13(14)15(18)19-12-7-3-2-4-8-12/h5-6,9-10,12H,2-4,7-8H2,1H3,(H,16,17). The van der Waals surface area contributed by atoms with Gasteiger partial charge in [0.1, 0.15) is 6.10 Å². The van der Waals surface area contributed by atoms with Crippen molar-refractivity contribution in [3.05, 3.63) is 29.8 Å². The summed E-state index contributed by atoms with van der Waals surface area (Å²) in [5.74, 6) is -0.547. The van der Waals surface area contributed by atoms with Gasteiger partial charge in [-0.2, -0.15) is 0 Å². The zero-order chi connectivity index (χ0) is 13.7. The quantitative estimate of drug-likeness (QED) is 0.850. The van der Waals surface area contributed by atoms with Gasteiger partial charge in [-0.05, 0) is 37.8 Å². The molecule has 19 heavy (non-hydrogen) atoms. The number of amides is 1. The van der Waals surface area contributed by atoms with E-state index in [4.69, 9.17) is 4.74 Å². The second-order valence-corrected chi connectivity index (χ2v) is 4.89. The summed E-state index contributed by atoms with van der Waals surface area (Å²) in [6.07, 6.45) is 5.35. The minimum atomic E-state index is -0.351. The topological polar surface area (TPSA) is 55.4 Å². The zero-order valence-electron chi connectivity index (χ0n) is 11.1. The van der Waals surface area contributed by atoms with Gasteiger partial charge in [0.15, 0.2) is 0 Å². The summed E-state index contributed by atoms with van der Waals surface area (Å²) in [5.41, 5.74) is 0.930. The minimum absolute atomic E-state index is 0.0200. The average Bonchev–Trinajstić information content (AvgIpc) is 2.39. The van der Waals surface area contributed by atoms with E-state index in [1.165, 1.54) is 13.3 Å². The van der Waals surface area contributed by atoms with Crippen LogP contribution in [0.15, 0.2) is 24.3 Å². The Balaban J connectivity index is 2.07. The first-order valence-corrected chi connectivity index (χ1v) is 6.74. The number of anilines is 1. The maximum atomic E-state index is 12.1. The molecule has 1 amide bonds. The fraction of sp³-hybridized carbons (Fsp3) is 0.467. The summed E-state index contributed by atoms with van der Waals surface area (Å²) in [4.78, 5) is 23.3. The van der Waals surface area contributed by atoms with Crippen LogP contribution in [-0.4, -0.2) is 18.0 Å². The smallest absolute Gasteiger partial charge is 0.340 e. The van der Waals surface area contributed by atoms with Gasteiger partial charge in [0.25, 0.3) is 0 Å². The number of para-hydroxylation sites is 1. The lowest BCUT2D eigenvalue weighted by atomic mass is 9.98. The lowest BCUT2D eigenvalue weighted by Crippen LogP contribution is -2.22. The van der Waals surface area contributed by atoms with Gasteiger partial charge in [-0.15, -0.1) is 0 Å². The highest BCUT2D eigenvalue weighted by Crippen LogP contribution is 2.23. The van der Waals surface area contributed by atoms with Crippen LogP contribution in [0.1, 0.15) is 49.4 Å². The molecule has 1 aromatic rings. The molecule has 1 aliphatic rings. The number of ether oxygens (including phenoxy) is 1. The van der Waals surface area contributed by atoms with Crippen molar-refractivity contribution >= 4 is 17.6 Å². The first-order chi connectivity index (χ1) is 9.16. The second kappa shape index (κ2) is 6.36. The van der Waals surface area contributed by atoms with E-state index < -0.39 is 0 Å². The van der Waals surface area contributed by atoms with Crippen molar-refractivity contribution in [2.75, 3.05) is 5.32 Å². The van der Waals surface area contributed by atoms with Gasteiger partial charge in [-0.1, -0.05) is 18.6 Å². The molecule has 4 heteroatoms. The monoisotopic (exact) mass is 261 g/mol. The molecule has 1 saturated carbocycles. The Bertz CT molecular complexity index is 464. The van der Waals surface area contributed by atoms with Crippen LogP contribution in [0.25, 0.3) is 0 Å². The number of hydrogen-bond donors (Lipinski definition) is 1. The van der Waals surface area contributed by atoms with E-state index in [9.17, 15) is 9.59 Å². The van der Waals surface area contributed by atoms with E-state index in [0.29, 0.717) is 11.3 Å². The van der Waals surface area contributed by atoms with Gasteiger partial charge in [0, 0.05) is 6.92 Å². The molecule has 0 aromatic heterocycles. The third-order valence-electron chi connectivity index (χ3n) is 3.28. The van der Waals surface area contributed by atoms with Crippen LogP contribution in [0.3, 0.4) is 0 Å². The van der Waals surface area contributed by atoms with Crippen LogP contribution in [0, 0.1) is 0 Å². The number of rotatable bonds is 3. The third-order valence-corrected chi connectivity index (χ3v) is 3.28. The molecule has 0 aliphatic heterocycles. The average molecular weight is 261 g/mol. The Kier molecular flexibility index (Phi) is 4.55. The van der Waals surface area contributed by atoms with Crippen LogP contribution in [-0.2, 0) is 9.53 Å². The van der Waals surface area contributed by atoms with E-state index in [0.717, 1.165) is 25.7 Å². The van der Waals surface area contributed by atoms with Crippen LogP contribution in [0.2, 0.25) is 0 Å². The van der Waals surface area contributed by atoms with Gasteiger partial charge in [-0.3, -0.25) is 4.79 Å². The van der Waals surface area contributed by atoms with E-state index in [-0.39, 0.29) is 18.0 Å².